The third-order valence-corrected chi connectivity index (χ3v) is 5.39. The van der Waals surface area contributed by atoms with Crippen LogP contribution in [0.15, 0.2) is 71.8 Å². The molecule has 0 N–H and O–H groups in total. The third-order valence-electron chi connectivity index (χ3n) is 5.39. The van der Waals surface area contributed by atoms with Gasteiger partial charge in [-0.2, -0.15) is 5.10 Å². The summed E-state index contributed by atoms with van der Waals surface area (Å²) in [5.41, 5.74) is 4.95. The van der Waals surface area contributed by atoms with Crippen molar-refractivity contribution in [3.63, 3.8) is 0 Å². The highest BCUT2D eigenvalue weighted by molar-refractivity contribution is 5.92. The zero-order chi connectivity index (χ0) is 19.8. The van der Waals surface area contributed by atoms with Crippen LogP contribution in [0.25, 0.3) is 22.2 Å². The van der Waals surface area contributed by atoms with Crippen LogP contribution in [0.4, 0.5) is 5.69 Å². The van der Waals surface area contributed by atoms with Crippen molar-refractivity contribution in [3.05, 3.63) is 83.0 Å². The Balaban J connectivity index is 1.35. The van der Waals surface area contributed by atoms with E-state index in [4.69, 9.17) is 0 Å². The van der Waals surface area contributed by atoms with Crippen LogP contribution in [0.2, 0.25) is 0 Å². The molecule has 3 aromatic heterocycles. The topological polar surface area (TPSA) is 63.9 Å². The van der Waals surface area contributed by atoms with Gasteiger partial charge in [0.25, 0.3) is 5.56 Å². The van der Waals surface area contributed by atoms with Gasteiger partial charge in [-0.15, -0.1) is 0 Å². The zero-order valence-corrected chi connectivity index (χ0v) is 16.2. The van der Waals surface area contributed by atoms with Crippen LogP contribution >= 0.6 is 0 Å². The number of benzene rings is 1. The monoisotopic (exact) mass is 383 g/mol. The Labute approximate surface area is 168 Å². The van der Waals surface area contributed by atoms with Crippen molar-refractivity contribution >= 4 is 16.6 Å². The van der Waals surface area contributed by atoms with Crippen LogP contribution in [-0.4, -0.2) is 32.8 Å². The Morgan fingerprint density at radius 3 is 2.66 bits per heavy atom. The van der Waals surface area contributed by atoms with Gasteiger partial charge >= 0.3 is 0 Å². The van der Waals surface area contributed by atoms with Gasteiger partial charge in [-0.05, 0) is 37.3 Å². The second-order valence-corrected chi connectivity index (χ2v) is 7.55. The van der Waals surface area contributed by atoms with Crippen LogP contribution in [-0.2, 0) is 6.54 Å². The molecule has 6 heteroatoms. The number of anilines is 1. The zero-order valence-electron chi connectivity index (χ0n) is 16.2. The molecule has 6 nitrogen and oxygen atoms in total. The summed E-state index contributed by atoms with van der Waals surface area (Å²) in [5, 5.41) is 5.75. The molecule has 144 valence electrons. The van der Waals surface area contributed by atoms with E-state index in [-0.39, 0.29) is 5.56 Å². The molecular weight excluding hydrogens is 362 g/mol. The average Bonchev–Trinajstić information content (AvgIpc) is 2.71. The molecular formula is C23H21N5O. The van der Waals surface area contributed by atoms with Gasteiger partial charge < -0.3 is 4.90 Å². The number of para-hydroxylation sites is 1. The summed E-state index contributed by atoms with van der Waals surface area (Å²) in [6, 6.07) is 17.6. The fourth-order valence-corrected chi connectivity index (χ4v) is 3.93. The normalized spacial score (nSPS) is 14.2. The molecule has 0 bridgehead atoms. The molecule has 1 aliphatic rings. The maximum absolute atomic E-state index is 12.3. The van der Waals surface area contributed by atoms with Crippen LogP contribution in [0, 0.1) is 12.8 Å². The van der Waals surface area contributed by atoms with E-state index in [9.17, 15) is 4.79 Å². The lowest BCUT2D eigenvalue weighted by Gasteiger charge is -2.41. The third kappa shape index (κ3) is 3.38. The highest BCUT2D eigenvalue weighted by atomic mass is 16.1. The van der Waals surface area contributed by atoms with E-state index in [1.165, 1.54) is 11.1 Å². The van der Waals surface area contributed by atoms with Crippen molar-refractivity contribution in [1.82, 2.24) is 19.7 Å². The van der Waals surface area contributed by atoms with E-state index < -0.39 is 0 Å². The van der Waals surface area contributed by atoms with Gasteiger partial charge in [0.15, 0.2) is 0 Å². The average molecular weight is 383 g/mol. The lowest BCUT2D eigenvalue weighted by Crippen LogP contribution is -2.49. The summed E-state index contributed by atoms with van der Waals surface area (Å²) in [6.07, 6.45) is 3.47. The number of hydrogen-bond acceptors (Lipinski definition) is 5. The number of hydrogen-bond donors (Lipinski definition) is 0. The van der Waals surface area contributed by atoms with Crippen molar-refractivity contribution in [2.45, 2.75) is 13.5 Å². The summed E-state index contributed by atoms with van der Waals surface area (Å²) >= 11 is 0. The van der Waals surface area contributed by atoms with Gasteiger partial charge in [0, 0.05) is 59.8 Å². The predicted octanol–water partition coefficient (Wildman–Crippen LogP) is 3.30. The summed E-state index contributed by atoms with van der Waals surface area (Å²) in [6.45, 7) is 4.46. The summed E-state index contributed by atoms with van der Waals surface area (Å²) in [4.78, 5) is 23.3. The van der Waals surface area contributed by atoms with Crippen molar-refractivity contribution in [2.75, 3.05) is 18.0 Å². The van der Waals surface area contributed by atoms with Crippen molar-refractivity contribution in [2.24, 2.45) is 5.92 Å². The second kappa shape index (κ2) is 7.13. The Morgan fingerprint density at radius 2 is 1.83 bits per heavy atom. The van der Waals surface area contributed by atoms with Crippen LogP contribution in [0.1, 0.15) is 5.69 Å². The highest BCUT2D eigenvalue weighted by Gasteiger charge is 2.29. The van der Waals surface area contributed by atoms with Gasteiger partial charge in [-0.25, -0.2) is 4.68 Å². The summed E-state index contributed by atoms with van der Waals surface area (Å²) < 4.78 is 1.59. The van der Waals surface area contributed by atoms with E-state index in [2.05, 4.69) is 38.2 Å². The standard InChI is InChI=1S/C23H21N5O/c1-16-12-22(19-4-2-3-5-21(19)25-16)27-13-17(14-27)15-28-23(29)7-6-20(26-28)18-8-10-24-11-9-18/h2-12,17H,13-15H2,1H3. The van der Waals surface area contributed by atoms with Gasteiger partial charge in [0.05, 0.1) is 17.8 Å². The Morgan fingerprint density at radius 1 is 1.03 bits per heavy atom. The minimum absolute atomic E-state index is 0.0635. The fourth-order valence-electron chi connectivity index (χ4n) is 3.93. The molecule has 1 aliphatic heterocycles. The number of pyridine rings is 2. The molecule has 5 rings (SSSR count). The molecule has 0 saturated carbocycles. The molecule has 1 aromatic carbocycles. The predicted molar refractivity (Wildman–Crippen MR) is 114 cm³/mol. The van der Waals surface area contributed by atoms with Crippen molar-refractivity contribution in [1.29, 1.82) is 0 Å². The van der Waals surface area contributed by atoms with E-state index in [1.54, 1.807) is 29.2 Å². The quantitative estimate of drug-likeness (QED) is 0.541. The lowest BCUT2D eigenvalue weighted by molar-refractivity contribution is 0.336. The Hall–Kier alpha value is -3.54. The fraction of sp³-hybridized carbons (Fsp3) is 0.217. The van der Waals surface area contributed by atoms with Crippen LogP contribution in [0.5, 0.6) is 0 Å². The van der Waals surface area contributed by atoms with Crippen LogP contribution in [0.3, 0.4) is 0 Å². The molecule has 0 aliphatic carbocycles. The first-order valence-corrected chi connectivity index (χ1v) is 9.77. The molecule has 0 spiro atoms. The Kier molecular flexibility index (Phi) is 4.31. The van der Waals surface area contributed by atoms with Gasteiger partial charge in [0.1, 0.15) is 0 Å². The van der Waals surface area contributed by atoms with Crippen molar-refractivity contribution < 1.29 is 0 Å². The molecule has 0 atom stereocenters. The number of aryl methyl sites for hydroxylation is 1. The summed E-state index contributed by atoms with van der Waals surface area (Å²) in [7, 11) is 0. The second-order valence-electron chi connectivity index (χ2n) is 7.55. The molecule has 4 aromatic rings. The molecule has 0 unspecified atom stereocenters. The van der Waals surface area contributed by atoms with Crippen molar-refractivity contribution in [3.8, 4) is 11.3 Å². The molecule has 1 saturated heterocycles. The lowest BCUT2D eigenvalue weighted by atomic mass is 9.98. The molecule has 0 amide bonds. The first kappa shape index (κ1) is 17.6. The van der Waals surface area contributed by atoms with E-state index in [0.29, 0.717) is 12.5 Å². The minimum atomic E-state index is -0.0635. The SMILES string of the molecule is Cc1cc(N2CC(Cn3nc(-c4ccncc4)ccc3=O)C2)c2ccccc2n1. The number of fused-ring (bicyclic) bond motifs is 1. The number of rotatable bonds is 4. The first-order valence-electron chi connectivity index (χ1n) is 9.77. The number of aromatic nitrogens is 4. The molecule has 4 heterocycles. The van der Waals surface area contributed by atoms with E-state index in [0.717, 1.165) is 35.6 Å². The van der Waals surface area contributed by atoms with E-state index >= 15 is 0 Å². The van der Waals surface area contributed by atoms with Crippen LogP contribution < -0.4 is 10.5 Å². The van der Waals surface area contributed by atoms with Gasteiger partial charge in [0.2, 0.25) is 0 Å². The molecule has 29 heavy (non-hydrogen) atoms. The first-order chi connectivity index (χ1) is 14.2. The smallest absolute Gasteiger partial charge is 0.266 e. The molecule has 0 radical (unpaired) electrons. The summed E-state index contributed by atoms with van der Waals surface area (Å²) in [5.74, 6) is 0.389. The maximum Gasteiger partial charge on any atom is 0.266 e. The molecule has 1 fully saturated rings. The minimum Gasteiger partial charge on any atom is -0.370 e. The Bertz CT molecular complexity index is 1230. The largest absolute Gasteiger partial charge is 0.370 e. The van der Waals surface area contributed by atoms with Gasteiger partial charge in [-0.1, -0.05) is 18.2 Å². The van der Waals surface area contributed by atoms with Gasteiger partial charge in [-0.3, -0.25) is 14.8 Å². The highest BCUT2D eigenvalue weighted by Crippen LogP contribution is 2.32. The van der Waals surface area contributed by atoms with E-state index in [1.807, 2.05) is 31.2 Å². The maximum atomic E-state index is 12.3. The number of nitrogens with zero attached hydrogens (tertiary/aromatic N) is 5.